The number of rotatable bonds is 4. The molecule has 0 N–H and O–H groups in total. The minimum Gasteiger partial charge on any atom is -0.207 e. The second-order valence-corrected chi connectivity index (χ2v) is 15.5. The number of halogens is 15. The molecule has 264 valence electrons. The van der Waals surface area contributed by atoms with Gasteiger partial charge in [0.05, 0.1) is 19.3 Å². The molecule has 2 heterocycles. The molecule has 1 unspecified atom stereocenters. The highest BCUT2D eigenvalue weighted by Gasteiger charge is 2.56. The Kier molecular flexibility index (Phi) is 8.33. The van der Waals surface area contributed by atoms with E-state index in [9.17, 15) is 13.2 Å². The van der Waals surface area contributed by atoms with Gasteiger partial charge in [0, 0.05) is 11.7 Å². The molecule has 0 aliphatic heterocycles. The second kappa shape index (κ2) is 12.0. The lowest BCUT2D eigenvalue weighted by Crippen LogP contribution is -2.72. The summed E-state index contributed by atoms with van der Waals surface area (Å²) in [5, 5.41) is 0.325. The summed E-state index contributed by atoms with van der Waals surface area (Å²) in [4.78, 5) is 0. The molecule has 3 aromatic carbocycles. The van der Waals surface area contributed by atoms with Crippen LogP contribution in [0.3, 0.4) is 0 Å². The predicted octanol–water partition coefficient (Wildman–Crippen LogP) is 7.45. The van der Waals surface area contributed by atoms with Gasteiger partial charge in [0.2, 0.25) is 11.6 Å². The van der Waals surface area contributed by atoms with Gasteiger partial charge in [0.25, 0.3) is 0 Å². The van der Waals surface area contributed by atoms with Crippen LogP contribution in [0.4, 0.5) is 65.9 Å². The van der Waals surface area contributed by atoms with Crippen molar-refractivity contribution in [1.29, 1.82) is 0 Å². The average Bonchev–Trinajstić information content (AvgIpc) is 3.64. The molecule has 5 aromatic rings. The van der Waals surface area contributed by atoms with Crippen molar-refractivity contribution in [3.05, 3.63) is 109 Å². The van der Waals surface area contributed by atoms with Crippen LogP contribution >= 0.6 is 15.9 Å². The zero-order valence-corrected chi connectivity index (χ0v) is 26.5. The SMILES string of the molecule is Fc1c(F)c(F)c([B-](c2c(F)c(F)c(F)c(F)c2F)(c2c(F)c(F)c(F)c(F)c2F)p2c3c(n4pc5c([n+]42)CCCC5)CCCC3)c(F)c1F. The van der Waals surface area contributed by atoms with Crippen molar-refractivity contribution in [2.45, 2.75) is 51.4 Å². The van der Waals surface area contributed by atoms with Crippen molar-refractivity contribution in [1.82, 2.24) is 4.28 Å². The maximum Gasteiger partial charge on any atom is 0.223 e. The van der Waals surface area contributed by atoms with Crippen LogP contribution in [0, 0.1) is 87.3 Å². The molecular weight excluding hydrogens is 746 g/mol. The highest BCUT2D eigenvalue weighted by molar-refractivity contribution is 7.93. The van der Waals surface area contributed by atoms with Gasteiger partial charge in [0.1, 0.15) is 34.9 Å². The summed E-state index contributed by atoms with van der Waals surface area (Å²) in [6, 6.07) is 0. The lowest BCUT2D eigenvalue weighted by molar-refractivity contribution is -0.548. The molecule has 0 bridgehead atoms. The van der Waals surface area contributed by atoms with Crippen molar-refractivity contribution >= 4 is 38.2 Å². The zero-order valence-electron chi connectivity index (χ0n) is 24.7. The average molecular weight is 762 g/mol. The maximum absolute atomic E-state index is 16.3. The number of aryl methyl sites for hydroxylation is 3. The standard InChI is InChI=1S/C30H16BF15N2P2/c32-16-13(17(33)23(39)28(44)22(16)38)31(14-18(34)24(40)29(45)25(41)19(14)35,15-20(36)26(42)30(46)27(43)21(15)37)50-12-8-4-2-6-10(12)47-48(50)9-5-1-3-7-11(9)49-47/h1-8H2. The molecular formula is C30H16BF15N2P2. The van der Waals surface area contributed by atoms with Crippen LogP contribution in [0.25, 0.3) is 0 Å². The summed E-state index contributed by atoms with van der Waals surface area (Å²) >= 11 is 0. The van der Waals surface area contributed by atoms with E-state index in [4.69, 9.17) is 0 Å². The van der Waals surface area contributed by atoms with E-state index in [0.717, 1.165) is 4.28 Å². The largest absolute Gasteiger partial charge is 0.223 e. The molecule has 2 aliphatic carbocycles. The number of benzene rings is 3. The summed E-state index contributed by atoms with van der Waals surface area (Å²) in [6.07, 6.45) is 1.50. The quantitative estimate of drug-likeness (QED) is 0.0780. The molecule has 0 saturated carbocycles. The summed E-state index contributed by atoms with van der Waals surface area (Å²) < 4.78 is 235. The normalized spacial score (nSPS) is 15.4. The molecule has 2 aromatic heterocycles. The van der Waals surface area contributed by atoms with E-state index in [-0.39, 0.29) is 50.7 Å². The van der Waals surface area contributed by atoms with E-state index < -0.39 is 117 Å². The van der Waals surface area contributed by atoms with E-state index in [1.165, 1.54) is 4.28 Å². The van der Waals surface area contributed by atoms with Gasteiger partial charge in [-0.1, -0.05) is 0 Å². The van der Waals surface area contributed by atoms with Gasteiger partial charge in [-0.25, -0.2) is 65.9 Å². The highest BCUT2D eigenvalue weighted by Crippen LogP contribution is 2.48. The second-order valence-electron chi connectivity index (χ2n) is 12.0. The Morgan fingerprint density at radius 3 is 1.20 bits per heavy atom. The lowest BCUT2D eigenvalue weighted by atomic mass is 9.33. The van der Waals surface area contributed by atoms with Crippen LogP contribution in [-0.4, -0.2) is 10.1 Å². The number of fused-ring (bicyclic) bond motifs is 5. The van der Waals surface area contributed by atoms with E-state index >= 15 is 52.7 Å². The minimum atomic E-state index is -5.71. The zero-order chi connectivity index (χ0) is 36.3. The van der Waals surface area contributed by atoms with Crippen LogP contribution in [0.15, 0.2) is 0 Å². The molecule has 1 atom stereocenters. The molecule has 7 rings (SSSR count). The van der Waals surface area contributed by atoms with Gasteiger partial charge in [-0.05, 0) is 52.5 Å². The molecule has 2 nitrogen and oxygen atoms in total. The van der Waals surface area contributed by atoms with Crippen molar-refractivity contribution in [2.75, 3.05) is 0 Å². The third kappa shape index (κ3) is 4.36. The Morgan fingerprint density at radius 1 is 0.440 bits per heavy atom. The van der Waals surface area contributed by atoms with E-state index in [1.807, 2.05) is 0 Å². The van der Waals surface area contributed by atoms with Crippen molar-refractivity contribution in [2.24, 2.45) is 0 Å². The van der Waals surface area contributed by atoms with Gasteiger partial charge in [-0.15, -0.1) is 24.9 Å². The fourth-order valence-corrected chi connectivity index (χ4v) is 13.4. The molecule has 0 spiro atoms. The Labute approximate surface area is 273 Å². The Balaban J connectivity index is 1.93. The fourth-order valence-electron chi connectivity index (χ4n) is 7.48. The van der Waals surface area contributed by atoms with E-state index in [2.05, 4.69) is 0 Å². The first-order valence-corrected chi connectivity index (χ1v) is 17.1. The predicted molar refractivity (Wildman–Crippen MR) is 150 cm³/mol. The molecule has 0 amide bonds. The third-order valence-electron chi connectivity index (χ3n) is 9.53. The fraction of sp³-hybridized carbons (Fsp3) is 0.267. The van der Waals surface area contributed by atoms with E-state index in [0.29, 0.717) is 31.0 Å². The van der Waals surface area contributed by atoms with Crippen LogP contribution in [0.2, 0.25) is 0 Å². The summed E-state index contributed by atoms with van der Waals surface area (Å²) in [7, 11) is -3.37. The first-order valence-electron chi connectivity index (χ1n) is 14.9. The van der Waals surface area contributed by atoms with Crippen LogP contribution in [0.1, 0.15) is 47.7 Å². The highest BCUT2D eigenvalue weighted by atomic mass is 31.1. The number of hydrogen-bond donors (Lipinski definition) is 0. The monoisotopic (exact) mass is 762 g/mol. The number of nitrogens with zero attached hydrogens (tertiary/aromatic N) is 2. The van der Waals surface area contributed by atoms with Crippen LogP contribution < -0.4 is 20.7 Å². The number of hydrogen-bond acceptors (Lipinski definition) is 0. The Morgan fingerprint density at radius 2 is 0.780 bits per heavy atom. The Bertz CT molecular complexity index is 2060. The van der Waals surface area contributed by atoms with Crippen molar-refractivity contribution < 1.29 is 70.1 Å². The first-order chi connectivity index (χ1) is 23.6. The minimum absolute atomic E-state index is 0.0374. The molecule has 2 aliphatic rings. The van der Waals surface area contributed by atoms with Gasteiger partial charge < -0.3 is 0 Å². The summed E-state index contributed by atoms with van der Waals surface area (Å²) in [5.41, 5.74) is -7.25. The van der Waals surface area contributed by atoms with Gasteiger partial charge in [-0.2, -0.15) is 0 Å². The van der Waals surface area contributed by atoms with Crippen molar-refractivity contribution in [3.8, 4) is 0 Å². The summed E-state index contributed by atoms with van der Waals surface area (Å²) in [5.74, 6) is -50.1. The first kappa shape index (κ1) is 34.8. The molecule has 0 fully saturated rings. The van der Waals surface area contributed by atoms with Gasteiger partial charge in [-0.3, -0.25) is 0 Å². The maximum atomic E-state index is 16.3. The lowest BCUT2D eigenvalue weighted by Gasteiger charge is -2.41. The van der Waals surface area contributed by atoms with E-state index in [1.54, 1.807) is 0 Å². The van der Waals surface area contributed by atoms with Crippen LogP contribution in [0.5, 0.6) is 0 Å². The molecule has 0 radical (unpaired) electrons. The van der Waals surface area contributed by atoms with Crippen LogP contribution in [-0.2, 0) is 25.7 Å². The Hall–Kier alpha value is -3.65. The summed E-state index contributed by atoms with van der Waals surface area (Å²) in [6.45, 7) is 0. The molecule has 50 heavy (non-hydrogen) atoms. The van der Waals surface area contributed by atoms with Gasteiger partial charge in [0.15, 0.2) is 52.4 Å². The smallest absolute Gasteiger partial charge is 0.207 e. The number of aromatic nitrogens is 2. The topological polar surface area (TPSA) is 8.51 Å². The van der Waals surface area contributed by atoms with Crippen molar-refractivity contribution in [3.63, 3.8) is 0 Å². The van der Waals surface area contributed by atoms with Gasteiger partial charge >= 0.3 is 0 Å². The third-order valence-corrected chi connectivity index (χ3v) is 14.4. The molecule has 20 heteroatoms. The molecule has 0 saturated heterocycles.